The maximum atomic E-state index is 11.6. The first-order chi connectivity index (χ1) is 7.08. The summed E-state index contributed by atoms with van der Waals surface area (Å²) in [5.74, 6) is 1.59. The molecule has 2 N–H and O–H groups in total. The summed E-state index contributed by atoms with van der Waals surface area (Å²) in [6.07, 6.45) is 3.38. The summed E-state index contributed by atoms with van der Waals surface area (Å²) in [4.78, 5) is 13.5. The molecule has 1 atom stereocenters. The standard InChI is InChI=1S/C11H19N3O/c1-7(2)5-9-10(12)13-11(15)14(9)6-8-3-4-8/h7-9H,3-6H2,1-2H3,(H2,12,13,15). The molecular weight excluding hydrogens is 190 g/mol. The number of hydrogen-bond donors (Lipinski definition) is 2. The molecular formula is C11H19N3O. The van der Waals surface area contributed by atoms with E-state index in [9.17, 15) is 4.79 Å². The molecule has 0 aromatic heterocycles. The van der Waals surface area contributed by atoms with Gasteiger partial charge in [0.25, 0.3) is 0 Å². The highest BCUT2D eigenvalue weighted by Gasteiger charge is 2.38. The van der Waals surface area contributed by atoms with Gasteiger partial charge in [0.1, 0.15) is 5.84 Å². The smallest absolute Gasteiger partial charge is 0.314 e. The Labute approximate surface area is 90.5 Å². The third-order valence-corrected chi connectivity index (χ3v) is 3.06. The van der Waals surface area contributed by atoms with E-state index in [-0.39, 0.29) is 12.1 Å². The summed E-state index contributed by atoms with van der Waals surface area (Å²) >= 11 is 0. The van der Waals surface area contributed by atoms with E-state index in [0.717, 1.165) is 13.0 Å². The van der Waals surface area contributed by atoms with Gasteiger partial charge in [-0.15, -0.1) is 0 Å². The molecule has 4 heteroatoms. The molecule has 2 fully saturated rings. The van der Waals surface area contributed by atoms with Crippen molar-refractivity contribution in [3.63, 3.8) is 0 Å². The van der Waals surface area contributed by atoms with E-state index in [1.54, 1.807) is 0 Å². The Bertz CT molecular complexity index is 264. The van der Waals surface area contributed by atoms with E-state index in [0.29, 0.717) is 17.7 Å². The number of amides is 2. The Morgan fingerprint density at radius 1 is 1.53 bits per heavy atom. The minimum Gasteiger partial charge on any atom is -0.314 e. The van der Waals surface area contributed by atoms with Gasteiger partial charge in [0.05, 0.1) is 6.04 Å². The highest BCUT2D eigenvalue weighted by molar-refractivity contribution is 6.05. The molecule has 1 saturated heterocycles. The zero-order valence-corrected chi connectivity index (χ0v) is 9.42. The zero-order valence-electron chi connectivity index (χ0n) is 9.42. The number of nitrogens with zero attached hydrogens (tertiary/aromatic N) is 1. The molecule has 1 unspecified atom stereocenters. The van der Waals surface area contributed by atoms with Crippen molar-refractivity contribution in [3.05, 3.63) is 0 Å². The Balaban J connectivity index is 2.02. The maximum absolute atomic E-state index is 11.6. The predicted molar refractivity (Wildman–Crippen MR) is 58.9 cm³/mol. The van der Waals surface area contributed by atoms with Crippen LogP contribution in [0, 0.1) is 17.2 Å². The highest BCUT2D eigenvalue weighted by atomic mass is 16.2. The number of carbonyl (C=O) groups is 1. The number of hydrogen-bond acceptors (Lipinski definition) is 2. The minimum atomic E-state index is -0.0717. The molecule has 2 aliphatic rings. The average Bonchev–Trinajstić information content (AvgIpc) is 2.89. The number of urea groups is 1. The number of amidine groups is 1. The Kier molecular flexibility index (Phi) is 2.67. The topological polar surface area (TPSA) is 56.2 Å². The number of rotatable bonds is 4. The van der Waals surface area contributed by atoms with Crippen molar-refractivity contribution >= 4 is 11.9 Å². The van der Waals surface area contributed by atoms with Crippen molar-refractivity contribution in [1.82, 2.24) is 10.2 Å². The lowest BCUT2D eigenvalue weighted by Gasteiger charge is -2.23. The largest absolute Gasteiger partial charge is 0.323 e. The van der Waals surface area contributed by atoms with E-state index >= 15 is 0 Å². The van der Waals surface area contributed by atoms with Crippen LogP contribution in [0.2, 0.25) is 0 Å². The van der Waals surface area contributed by atoms with Crippen molar-refractivity contribution in [1.29, 1.82) is 5.41 Å². The van der Waals surface area contributed by atoms with Gasteiger partial charge in [-0.25, -0.2) is 4.79 Å². The van der Waals surface area contributed by atoms with Crippen LogP contribution in [0.15, 0.2) is 0 Å². The summed E-state index contributed by atoms with van der Waals surface area (Å²) in [5.41, 5.74) is 0. The van der Waals surface area contributed by atoms with Crippen molar-refractivity contribution in [2.24, 2.45) is 11.8 Å². The van der Waals surface area contributed by atoms with Crippen LogP contribution in [-0.4, -0.2) is 29.4 Å². The van der Waals surface area contributed by atoms with Gasteiger partial charge in [0.15, 0.2) is 0 Å². The van der Waals surface area contributed by atoms with Crippen molar-refractivity contribution in [3.8, 4) is 0 Å². The van der Waals surface area contributed by atoms with Crippen LogP contribution in [0.5, 0.6) is 0 Å². The first kappa shape index (κ1) is 10.5. The van der Waals surface area contributed by atoms with Gasteiger partial charge in [-0.05, 0) is 31.1 Å². The Morgan fingerprint density at radius 2 is 2.20 bits per heavy atom. The van der Waals surface area contributed by atoms with Crippen LogP contribution >= 0.6 is 0 Å². The molecule has 4 nitrogen and oxygen atoms in total. The predicted octanol–water partition coefficient (Wildman–Crippen LogP) is 1.81. The lowest BCUT2D eigenvalue weighted by molar-refractivity contribution is 0.197. The van der Waals surface area contributed by atoms with Gasteiger partial charge >= 0.3 is 6.03 Å². The molecule has 2 rings (SSSR count). The average molecular weight is 209 g/mol. The van der Waals surface area contributed by atoms with Gasteiger partial charge in [-0.3, -0.25) is 10.7 Å². The second-order valence-electron chi connectivity index (χ2n) is 5.08. The van der Waals surface area contributed by atoms with E-state index in [2.05, 4.69) is 19.2 Å². The molecule has 1 saturated carbocycles. The first-order valence-electron chi connectivity index (χ1n) is 5.74. The third kappa shape index (κ3) is 2.30. The van der Waals surface area contributed by atoms with E-state index in [1.165, 1.54) is 12.8 Å². The van der Waals surface area contributed by atoms with E-state index < -0.39 is 0 Å². The number of nitrogens with one attached hydrogen (secondary N) is 2. The molecule has 15 heavy (non-hydrogen) atoms. The molecule has 0 aromatic rings. The van der Waals surface area contributed by atoms with Crippen LogP contribution < -0.4 is 5.32 Å². The lowest BCUT2D eigenvalue weighted by Crippen LogP contribution is -2.37. The molecule has 0 aromatic carbocycles. The second kappa shape index (κ2) is 3.83. The summed E-state index contributed by atoms with van der Waals surface area (Å²) in [6.45, 7) is 5.10. The van der Waals surface area contributed by atoms with Gasteiger partial charge in [0.2, 0.25) is 0 Å². The quantitative estimate of drug-likeness (QED) is 0.729. The fraction of sp³-hybridized carbons (Fsp3) is 0.818. The molecule has 0 radical (unpaired) electrons. The molecule has 0 bridgehead atoms. The summed E-state index contributed by atoms with van der Waals surface area (Å²) in [5, 5.41) is 10.4. The van der Waals surface area contributed by atoms with Crippen molar-refractivity contribution in [2.75, 3.05) is 6.54 Å². The second-order valence-corrected chi connectivity index (χ2v) is 5.08. The van der Waals surface area contributed by atoms with Crippen LogP contribution in [-0.2, 0) is 0 Å². The van der Waals surface area contributed by atoms with Gasteiger partial charge < -0.3 is 4.90 Å². The number of carbonyl (C=O) groups excluding carboxylic acids is 1. The fourth-order valence-electron chi connectivity index (χ4n) is 2.05. The Hall–Kier alpha value is -1.06. The highest BCUT2D eigenvalue weighted by Crippen LogP contribution is 2.32. The molecule has 1 aliphatic carbocycles. The normalized spacial score (nSPS) is 26.3. The van der Waals surface area contributed by atoms with E-state index in [1.807, 2.05) is 4.90 Å². The molecule has 2 amide bonds. The summed E-state index contributed by atoms with van der Waals surface area (Å²) in [7, 11) is 0. The van der Waals surface area contributed by atoms with Gasteiger partial charge in [-0.1, -0.05) is 13.8 Å². The maximum Gasteiger partial charge on any atom is 0.323 e. The van der Waals surface area contributed by atoms with E-state index in [4.69, 9.17) is 5.41 Å². The SMILES string of the molecule is CC(C)CC1C(=N)NC(=O)N1CC1CC1. The lowest BCUT2D eigenvalue weighted by atomic mass is 10.0. The van der Waals surface area contributed by atoms with Crippen molar-refractivity contribution in [2.45, 2.75) is 39.2 Å². The van der Waals surface area contributed by atoms with Crippen LogP contribution in [0.1, 0.15) is 33.1 Å². The minimum absolute atomic E-state index is 0.00176. The van der Waals surface area contributed by atoms with Gasteiger partial charge in [-0.2, -0.15) is 0 Å². The summed E-state index contributed by atoms with van der Waals surface area (Å²) in [6, 6.07) is -0.0735. The van der Waals surface area contributed by atoms with Crippen LogP contribution in [0.3, 0.4) is 0 Å². The first-order valence-corrected chi connectivity index (χ1v) is 5.74. The molecule has 84 valence electrons. The van der Waals surface area contributed by atoms with Crippen LogP contribution in [0.25, 0.3) is 0 Å². The summed E-state index contributed by atoms with van der Waals surface area (Å²) < 4.78 is 0. The molecule has 1 aliphatic heterocycles. The molecule has 0 spiro atoms. The van der Waals surface area contributed by atoms with Crippen LogP contribution in [0.4, 0.5) is 4.79 Å². The Morgan fingerprint density at radius 3 is 2.73 bits per heavy atom. The fourth-order valence-corrected chi connectivity index (χ4v) is 2.05. The van der Waals surface area contributed by atoms with Crippen molar-refractivity contribution < 1.29 is 4.79 Å². The zero-order chi connectivity index (χ0) is 11.0. The third-order valence-electron chi connectivity index (χ3n) is 3.06. The van der Waals surface area contributed by atoms with Gasteiger partial charge in [0, 0.05) is 6.54 Å². The molecule has 1 heterocycles. The monoisotopic (exact) mass is 209 g/mol.